The van der Waals surface area contributed by atoms with Crippen LogP contribution in [0.25, 0.3) is 5.76 Å². The predicted octanol–water partition coefficient (Wildman–Crippen LogP) is 5.16. The van der Waals surface area contributed by atoms with Crippen molar-refractivity contribution in [1.82, 2.24) is 0 Å². The molecule has 1 saturated carbocycles. The van der Waals surface area contributed by atoms with Crippen molar-refractivity contribution in [2.75, 3.05) is 10.6 Å². The maximum atomic E-state index is 13.9. The lowest BCUT2D eigenvalue weighted by atomic mass is 9.67. The predicted molar refractivity (Wildman–Crippen MR) is 140 cm³/mol. The number of amidine groups is 1. The van der Waals surface area contributed by atoms with Crippen LogP contribution in [0.4, 0.5) is 16.2 Å². The number of Topliss-reactive ketones (excluding diaryl/α,β-unsaturated/α-hetero) is 1. The number of hydrogen-bond acceptors (Lipinski definition) is 7. The molecule has 2 aliphatic carbocycles. The topological polar surface area (TPSA) is 134 Å². The number of rotatable bonds is 4. The highest BCUT2D eigenvalue weighted by molar-refractivity contribution is 7.90. The monoisotopic (exact) mass is 523 g/mol. The molecule has 1 aliphatic heterocycles. The minimum atomic E-state index is -4.27. The van der Waals surface area contributed by atoms with Crippen molar-refractivity contribution in [3.05, 3.63) is 59.2 Å². The zero-order valence-corrected chi connectivity index (χ0v) is 21.9. The van der Waals surface area contributed by atoms with Gasteiger partial charge in [-0.05, 0) is 63.8 Å². The molecule has 37 heavy (non-hydrogen) atoms. The molecular formula is C27H29N3O6S. The molecule has 2 aromatic rings. The summed E-state index contributed by atoms with van der Waals surface area (Å²) in [5.74, 6) is -0.491. The third kappa shape index (κ3) is 4.61. The van der Waals surface area contributed by atoms with E-state index in [1.807, 2.05) is 19.1 Å². The van der Waals surface area contributed by atoms with Gasteiger partial charge in [-0.1, -0.05) is 37.1 Å². The molecule has 0 saturated heterocycles. The number of fused-ring (bicyclic) bond motifs is 2. The summed E-state index contributed by atoms with van der Waals surface area (Å²) in [6, 6.07) is 11.4. The number of amides is 1. The van der Waals surface area contributed by atoms with Gasteiger partial charge in [-0.2, -0.15) is 8.42 Å². The Bertz CT molecular complexity index is 1500. The fourth-order valence-corrected chi connectivity index (χ4v) is 6.05. The van der Waals surface area contributed by atoms with E-state index in [0.717, 1.165) is 18.4 Å². The summed E-state index contributed by atoms with van der Waals surface area (Å²) in [4.78, 5) is 25.9. The first-order valence-electron chi connectivity index (χ1n) is 12.1. The van der Waals surface area contributed by atoms with E-state index in [2.05, 4.69) is 15.0 Å². The Morgan fingerprint density at radius 2 is 1.92 bits per heavy atom. The van der Waals surface area contributed by atoms with E-state index in [9.17, 15) is 23.1 Å². The van der Waals surface area contributed by atoms with Gasteiger partial charge in [0.05, 0.1) is 11.1 Å². The number of aliphatic hydroxyl groups is 1. The Balaban J connectivity index is 1.53. The van der Waals surface area contributed by atoms with Crippen molar-refractivity contribution in [2.24, 2.45) is 10.3 Å². The molecule has 1 unspecified atom stereocenters. The molecular weight excluding hydrogens is 494 g/mol. The number of carbonyl (C=O) groups is 2. The Kier molecular flexibility index (Phi) is 5.71. The number of ether oxygens (including phenoxy) is 1. The Morgan fingerprint density at radius 1 is 1.22 bits per heavy atom. The Morgan fingerprint density at radius 3 is 2.59 bits per heavy atom. The van der Waals surface area contributed by atoms with Gasteiger partial charge in [-0.25, -0.2) is 4.79 Å². The van der Waals surface area contributed by atoms with Crippen LogP contribution in [0.5, 0.6) is 0 Å². The van der Waals surface area contributed by atoms with Gasteiger partial charge in [0.15, 0.2) is 11.6 Å². The van der Waals surface area contributed by atoms with Gasteiger partial charge in [0, 0.05) is 11.3 Å². The summed E-state index contributed by atoms with van der Waals surface area (Å²) in [6.45, 7) is 7.00. The molecule has 1 amide bonds. The number of benzene rings is 2. The maximum absolute atomic E-state index is 13.9. The third-order valence-corrected chi connectivity index (χ3v) is 8.06. The zero-order valence-electron chi connectivity index (χ0n) is 21.1. The molecule has 1 fully saturated rings. The van der Waals surface area contributed by atoms with Crippen LogP contribution in [0.15, 0.2) is 57.3 Å². The standard InChI is InChI=1S/C27H29N3O6S/c1-26(2,3)36-25(33)28-16-11-12-19-20(13-16)37(34,35)30-24(29-19)21-22(31)17-7-5-6-8-18(17)27(4,23(21)32)14-15-9-10-15/h5-8,11-13,15,31H,9-10,14H2,1-4H3,(H,28,33)(H,29,30). The average molecular weight is 524 g/mol. The quantitative estimate of drug-likeness (QED) is 0.504. The summed E-state index contributed by atoms with van der Waals surface area (Å²) in [5.41, 5.74) is -0.189. The number of aliphatic hydroxyl groups excluding tert-OH is 1. The van der Waals surface area contributed by atoms with Crippen LogP contribution in [0.2, 0.25) is 0 Å². The van der Waals surface area contributed by atoms with Crippen molar-refractivity contribution in [2.45, 2.75) is 62.9 Å². The van der Waals surface area contributed by atoms with Crippen molar-refractivity contribution < 1.29 is 27.9 Å². The van der Waals surface area contributed by atoms with E-state index in [1.54, 1.807) is 32.9 Å². The molecule has 0 radical (unpaired) electrons. The molecule has 3 aliphatic rings. The van der Waals surface area contributed by atoms with E-state index < -0.39 is 27.1 Å². The second-order valence-electron chi connectivity index (χ2n) is 11.0. The first-order valence-corrected chi connectivity index (χ1v) is 13.6. The van der Waals surface area contributed by atoms with Crippen molar-refractivity contribution >= 4 is 44.9 Å². The van der Waals surface area contributed by atoms with E-state index >= 15 is 0 Å². The van der Waals surface area contributed by atoms with Gasteiger partial charge in [-0.3, -0.25) is 10.1 Å². The number of carbonyl (C=O) groups excluding carboxylic acids is 2. The summed E-state index contributed by atoms with van der Waals surface area (Å²) in [6.07, 6.45) is 1.96. The fraction of sp³-hybridized carbons (Fsp3) is 0.370. The number of nitrogens with zero attached hydrogens (tertiary/aromatic N) is 1. The van der Waals surface area contributed by atoms with Crippen LogP contribution in [-0.4, -0.2) is 36.8 Å². The van der Waals surface area contributed by atoms with E-state index in [-0.39, 0.29) is 39.2 Å². The maximum Gasteiger partial charge on any atom is 0.412 e. The number of hydrogen-bond donors (Lipinski definition) is 3. The van der Waals surface area contributed by atoms with Crippen LogP contribution in [0.3, 0.4) is 0 Å². The summed E-state index contributed by atoms with van der Waals surface area (Å²) in [7, 11) is -4.27. The van der Waals surface area contributed by atoms with Crippen molar-refractivity contribution in [3.63, 3.8) is 0 Å². The van der Waals surface area contributed by atoms with E-state index in [1.165, 1.54) is 18.2 Å². The highest BCUT2D eigenvalue weighted by Crippen LogP contribution is 2.48. The molecule has 10 heteroatoms. The molecule has 0 aromatic heterocycles. The molecule has 5 rings (SSSR count). The normalized spacial score (nSPS) is 22.4. The van der Waals surface area contributed by atoms with Crippen LogP contribution in [0, 0.1) is 5.92 Å². The SMILES string of the molecule is CC(C)(C)OC(=O)Nc1ccc2c(c1)S(=O)(=O)N=C(C1=C(O)c3ccccc3C(C)(CC3CC3)C1=O)N2. The van der Waals surface area contributed by atoms with Crippen molar-refractivity contribution in [1.29, 1.82) is 0 Å². The van der Waals surface area contributed by atoms with E-state index in [4.69, 9.17) is 4.74 Å². The first kappa shape index (κ1) is 25.0. The van der Waals surface area contributed by atoms with Crippen molar-refractivity contribution in [3.8, 4) is 0 Å². The van der Waals surface area contributed by atoms with Gasteiger partial charge >= 0.3 is 6.09 Å². The smallest absolute Gasteiger partial charge is 0.412 e. The molecule has 3 N–H and O–H groups in total. The molecule has 2 aromatic carbocycles. The van der Waals surface area contributed by atoms with E-state index in [0.29, 0.717) is 17.9 Å². The fourth-order valence-electron chi connectivity index (χ4n) is 4.90. The van der Waals surface area contributed by atoms with Gasteiger partial charge in [0.25, 0.3) is 10.0 Å². The van der Waals surface area contributed by atoms with Crippen LogP contribution in [-0.2, 0) is 25.0 Å². The second kappa shape index (κ2) is 8.44. The Hall–Kier alpha value is -3.66. The molecule has 0 bridgehead atoms. The largest absolute Gasteiger partial charge is 0.506 e. The molecule has 9 nitrogen and oxygen atoms in total. The minimum absolute atomic E-state index is 0.146. The van der Waals surface area contributed by atoms with Crippen LogP contribution >= 0.6 is 0 Å². The molecule has 1 heterocycles. The number of anilines is 2. The second-order valence-corrected chi connectivity index (χ2v) is 12.5. The lowest BCUT2D eigenvalue weighted by Crippen LogP contribution is -2.42. The van der Waals surface area contributed by atoms with Gasteiger partial charge < -0.3 is 15.2 Å². The van der Waals surface area contributed by atoms with Crippen LogP contribution < -0.4 is 10.6 Å². The highest BCUT2D eigenvalue weighted by atomic mass is 32.2. The zero-order chi connectivity index (χ0) is 26.8. The van der Waals surface area contributed by atoms with Crippen LogP contribution in [0.1, 0.15) is 58.1 Å². The molecule has 0 spiro atoms. The minimum Gasteiger partial charge on any atom is -0.506 e. The lowest BCUT2D eigenvalue weighted by Gasteiger charge is -2.36. The summed E-state index contributed by atoms with van der Waals surface area (Å²) >= 11 is 0. The lowest BCUT2D eigenvalue weighted by molar-refractivity contribution is -0.120. The molecule has 1 atom stereocenters. The average Bonchev–Trinajstić information content (AvgIpc) is 3.61. The summed E-state index contributed by atoms with van der Waals surface area (Å²) in [5, 5.41) is 16.6. The number of sulfonamides is 1. The van der Waals surface area contributed by atoms with Gasteiger partial charge in [0.2, 0.25) is 0 Å². The summed E-state index contributed by atoms with van der Waals surface area (Å²) < 4.78 is 35.5. The van der Waals surface area contributed by atoms with Gasteiger partial charge in [0.1, 0.15) is 21.8 Å². The third-order valence-electron chi connectivity index (χ3n) is 6.74. The Labute approximate surface area is 215 Å². The molecule has 194 valence electrons. The number of ketones is 1. The number of nitrogens with one attached hydrogen (secondary N) is 2. The van der Waals surface area contributed by atoms with Gasteiger partial charge in [-0.15, -0.1) is 4.40 Å². The first-order chi connectivity index (χ1) is 17.3. The highest BCUT2D eigenvalue weighted by Gasteiger charge is 2.48.